The Morgan fingerprint density at radius 3 is 2.36 bits per heavy atom. The third-order valence-electron chi connectivity index (χ3n) is 5.00. The van der Waals surface area contributed by atoms with Crippen molar-refractivity contribution in [3.63, 3.8) is 0 Å². The van der Waals surface area contributed by atoms with Crippen LogP contribution in [0.1, 0.15) is 5.56 Å². The molecule has 0 saturated carbocycles. The van der Waals surface area contributed by atoms with E-state index in [1.54, 1.807) is 0 Å². The van der Waals surface area contributed by atoms with Gasteiger partial charge in [0.05, 0.1) is 11.2 Å². The van der Waals surface area contributed by atoms with E-state index in [0.29, 0.717) is 0 Å². The molecule has 0 aliphatic heterocycles. The first-order valence-electron chi connectivity index (χ1n) is 9.40. The molecule has 0 N–H and O–H groups in total. The molecule has 0 bridgehead atoms. The molecule has 1 heterocycles. The summed E-state index contributed by atoms with van der Waals surface area (Å²) < 4.78 is 5.99. The SMILES string of the molecule is Cc1cc(-c2cccc(Oc3ccccc3)c2)nc2ccc3ccccc3c12. The first kappa shape index (κ1) is 16.5. The molecule has 0 fully saturated rings. The lowest BCUT2D eigenvalue weighted by atomic mass is 9.99. The maximum absolute atomic E-state index is 5.99. The number of hydrogen-bond acceptors (Lipinski definition) is 2. The van der Waals surface area contributed by atoms with E-state index >= 15 is 0 Å². The molecule has 4 aromatic carbocycles. The van der Waals surface area contributed by atoms with E-state index in [0.717, 1.165) is 28.3 Å². The molecule has 0 spiro atoms. The number of ether oxygens (including phenoxy) is 1. The summed E-state index contributed by atoms with van der Waals surface area (Å²) in [6.07, 6.45) is 0. The van der Waals surface area contributed by atoms with Gasteiger partial charge in [0, 0.05) is 10.9 Å². The molecule has 0 unspecified atom stereocenters. The van der Waals surface area contributed by atoms with E-state index in [-0.39, 0.29) is 0 Å². The Labute approximate surface area is 164 Å². The van der Waals surface area contributed by atoms with Crippen LogP contribution in [0.2, 0.25) is 0 Å². The Bertz CT molecular complexity index is 1290. The lowest BCUT2D eigenvalue weighted by Crippen LogP contribution is -1.91. The molecular weight excluding hydrogens is 342 g/mol. The number of hydrogen-bond donors (Lipinski definition) is 0. The Balaban J connectivity index is 1.60. The molecule has 2 heteroatoms. The zero-order valence-electron chi connectivity index (χ0n) is 15.6. The molecule has 0 radical (unpaired) electrons. The maximum Gasteiger partial charge on any atom is 0.128 e. The van der Waals surface area contributed by atoms with Crippen molar-refractivity contribution < 1.29 is 4.74 Å². The molecule has 0 amide bonds. The Hall–Kier alpha value is -3.65. The van der Waals surface area contributed by atoms with Crippen LogP contribution in [0.4, 0.5) is 0 Å². The average Bonchev–Trinajstić information content (AvgIpc) is 2.74. The molecule has 28 heavy (non-hydrogen) atoms. The van der Waals surface area contributed by atoms with Crippen molar-refractivity contribution in [2.24, 2.45) is 0 Å². The van der Waals surface area contributed by atoms with E-state index in [9.17, 15) is 0 Å². The minimum absolute atomic E-state index is 0.807. The molecule has 0 atom stereocenters. The summed E-state index contributed by atoms with van der Waals surface area (Å²) in [6, 6.07) is 32.8. The van der Waals surface area contributed by atoms with Crippen LogP contribution in [-0.2, 0) is 0 Å². The molecule has 1 aromatic heterocycles. The van der Waals surface area contributed by atoms with Gasteiger partial charge in [0.2, 0.25) is 0 Å². The zero-order chi connectivity index (χ0) is 18.9. The van der Waals surface area contributed by atoms with E-state index in [1.807, 2.05) is 48.5 Å². The predicted octanol–water partition coefficient (Wildman–Crippen LogP) is 7.16. The van der Waals surface area contributed by atoms with Gasteiger partial charge in [-0.3, -0.25) is 0 Å². The van der Waals surface area contributed by atoms with E-state index in [2.05, 4.69) is 55.5 Å². The van der Waals surface area contributed by atoms with Crippen molar-refractivity contribution in [1.82, 2.24) is 4.98 Å². The van der Waals surface area contributed by atoms with Gasteiger partial charge < -0.3 is 4.74 Å². The van der Waals surface area contributed by atoms with Crippen molar-refractivity contribution in [1.29, 1.82) is 0 Å². The fraction of sp³-hybridized carbons (Fsp3) is 0.0385. The number of fused-ring (bicyclic) bond motifs is 3. The number of benzene rings is 4. The minimum Gasteiger partial charge on any atom is -0.457 e. The number of rotatable bonds is 3. The van der Waals surface area contributed by atoms with Gasteiger partial charge in [-0.2, -0.15) is 0 Å². The van der Waals surface area contributed by atoms with Gasteiger partial charge in [-0.25, -0.2) is 4.98 Å². The highest BCUT2D eigenvalue weighted by atomic mass is 16.5. The quantitative estimate of drug-likeness (QED) is 0.318. The van der Waals surface area contributed by atoms with Crippen molar-refractivity contribution >= 4 is 21.7 Å². The third kappa shape index (κ3) is 2.99. The van der Waals surface area contributed by atoms with Gasteiger partial charge in [-0.15, -0.1) is 0 Å². The van der Waals surface area contributed by atoms with Crippen LogP contribution in [0.5, 0.6) is 11.5 Å². The molecule has 5 rings (SSSR count). The van der Waals surface area contributed by atoms with Crippen LogP contribution in [0.3, 0.4) is 0 Å². The lowest BCUT2D eigenvalue weighted by Gasteiger charge is -2.11. The Kier molecular flexibility index (Phi) is 4.02. The van der Waals surface area contributed by atoms with Crippen LogP contribution in [0, 0.1) is 6.92 Å². The molecule has 134 valence electrons. The summed E-state index contributed by atoms with van der Waals surface area (Å²) in [7, 11) is 0. The number of nitrogens with zero attached hydrogens (tertiary/aromatic N) is 1. The largest absolute Gasteiger partial charge is 0.457 e. The standard InChI is InChI=1S/C26H19NO/c1-18-16-25(27-24-15-14-19-8-5-6-13-23(19)26(18)24)20-9-7-12-22(17-20)28-21-10-3-2-4-11-21/h2-17H,1H3. The second kappa shape index (κ2) is 6.82. The van der Waals surface area contributed by atoms with Gasteiger partial charge in [-0.1, -0.05) is 60.7 Å². The van der Waals surface area contributed by atoms with Crippen molar-refractivity contribution in [2.75, 3.05) is 0 Å². The summed E-state index contributed by atoms with van der Waals surface area (Å²) in [5, 5.41) is 3.71. The number of aromatic nitrogens is 1. The summed E-state index contributed by atoms with van der Waals surface area (Å²) in [4.78, 5) is 4.95. The molecule has 0 saturated heterocycles. The number of para-hydroxylation sites is 1. The van der Waals surface area contributed by atoms with Crippen LogP contribution >= 0.6 is 0 Å². The van der Waals surface area contributed by atoms with Crippen molar-refractivity contribution in [2.45, 2.75) is 6.92 Å². The number of aryl methyl sites for hydroxylation is 1. The highest BCUT2D eigenvalue weighted by Crippen LogP contribution is 2.32. The predicted molar refractivity (Wildman–Crippen MR) is 116 cm³/mol. The second-order valence-electron chi connectivity index (χ2n) is 6.95. The Morgan fingerprint density at radius 1 is 0.679 bits per heavy atom. The van der Waals surface area contributed by atoms with Crippen molar-refractivity contribution in [3.8, 4) is 22.8 Å². The molecule has 2 nitrogen and oxygen atoms in total. The second-order valence-corrected chi connectivity index (χ2v) is 6.95. The number of pyridine rings is 1. The van der Waals surface area contributed by atoms with Gasteiger partial charge in [0.25, 0.3) is 0 Å². The van der Waals surface area contributed by atoms with Gasteiger partial charge >= 0.3 is 0 Å². The lowest BCUT2D eigenvalue weighted by molar-refractivity contribution is 0.483. The van der Waals surface area contributed by atoms with Crippen LogP contribution in [0.25, 0.3) is 32.9 Å². The molecular formula is C26H19NO. The van der Waals surface area contributed by atoms with Crippen LogP contribution < -0.4 is 4.74 Å². The summed E-state index contributed by atoms with van der Waals surface area (Å²) >= 11 is 0. The first-order valence-corrected chi connectivity index (χ1v) is 9.40. The van der Waals surface area contributed by atoms with Gasteiger partial charge in [-0.05, 0) is 59.7 Å². The normalized spacial score (nSPS) is 11.0. The van der Waals surface area contributed by atoms with Crippen molar-refractivity contribution in [3.05, 3.63) is 103 Å². The maximum atomic E-state index is 5.99. The highest BCUT2D eigenvalue weighted by molar-refractivity contribution is 6.08. The van der Waals surface area contributed by atoms with E-state index in [4.69, 9.17) is 9.72 Å². The van der Waals surface area contributed by atoms with E-state index < -0.39 is 0 Å². The highest BCUT2D eigenvalue weighted by Gasteiger charge is 2.09. The minimum atomic E-state index is 0.807. The van der Waals surface area contributed by atoms with Crippen LogP contribution in [0.15, 0.2) is 97.1 Å². The van der Waals surface area contributed by atoms with Gasteiger partial charge in [0.1, 0.15) is 11.5 Å². The summed E-state index contributed by atoms with van der Waals surface area (Å²) in [6.45, 7) is 2.16. The zero-order valence-corrected chi connectivity index (χ0v) is 15.6. The molecule has 0 aliphatic carbocycles. The third-order valence-corrected chi connectivity index (χ3v) is 5.00. The topological polar surface area (TPSA) is 22.1 Å². The molecule has 0 aliphatic rings. The monoisotopic (exact) mass is 361 g/mol. The summed E-state index contributed by atoms with van der Waals surface area (Å²) in [5.74, 6) is 1.63. The molecule has 5 aromatic rings. The average molecular weight is 361 g/mol. The van der Waals surface area contributed by atoms with Crippen LogP contribution in [-0.4, -0.2) is 4.98 Å². The smallest absolute Gasteiger partial charge is 0.128 e. The Morgan fingerprint density at radius 2 is 1.46 bits per heavy atom. The fourth-order valence-electron chi connectivity index (χ4n) is 3.70. The first-order chi connectivity index (χ1) is 13.8. The fourth-order valence-corrected chi connectivity index (χ4v) is 3.70. The van der Waals surface area contributed by atoms with Gasteiger partial charge in [0.15, 0.2) is 0 Å². The summed E-state index contributed by atoms with van der Waals surface area (Å²) in [5.41, 5.74) is 4.25. The van der Waals surface area contributed by atoms with E-state index in [1.165, 1.54) is 21.7 Å².